The van der Waals surface area contributed by atoms with E-state index >= 15 is 0 Å². The molecule has 0 unspecified atom stereocenters. The van der Waals surface area contributed by atoms with E-state index < -0.39 is 0 Å². The van der Waals surface area contributed by atoms with Crippen LogP contribution in [0.5, 0.6) is 0 Å². The molecule has 0 bridgehead atoms. The lowest BCUT2D eigenvalue weighted by atomic mass is 10.1. The molecule has 1 saturated heterocycles. The summed E-state index contributed by atoms with van der Waals surface area (Å²) in [4.78, 5) is 0. The number of hydrogen-bond donors (Lipinski definition) is 2. The fourth-order valence-electron chi connectivity index (χ4n) is 1.93. The monoisotopic (exact) mass is 204 g/mol. The van der Waals surface area contributed by atoms with Crippen molar-refractivity contribution in [3.63, 3.8) is 0 Å². The smallest absolute Gasteiger partial charge is 0.0925 e. The van der Waals surface area contributed by atoms with Gasteiger partial charge >= 0.3 is 0 Å². The second-order valence-electron chi connectivity index (χ2n) is 3.49. The van der Waals surface area contributed by atoms with Crippen LogP contribution in [-0.4, -0.2) is 12.3 Å². The summed E-state index contributed by atoms with van der Waals surface area (Å²) in [7, 11) is 0. The van der Waals surface area contributed by atoms with Crippen molar-refractivity contribution in [1.29, 1.82) is 0 Å². The maximum absolute atomic E-state index is 3.46. The lowest BCUT2D eigenvalue weighted by Crippen LogP contribution is -2.11. The van der Waals surface area contributed by atoms with Crippen LogP contribution in [0.1, 0.15) is 11.1 Å². The highest BCUT2D eigenvalue weighted by Crippen LogP contribution is 2.31. The predicted molar refractivity (Wildman–Crippen MR) is 60.7 cm³/mol. The summed E-state index contributed by atoms with van der Waals surface area (Å²) in [6.07, 6.45) is 0. The minimum absolute atomic E-state index is 0.969. The quantitative estimate of drug-likeness (QED) is 0.673. The molecule has 0 saturated carbocycles. The van der Waals surface area contributed by atoms with Crippen LogP contribution in [0, 0.1) is 0 Å². The van der Waals surface area contributed by atoms with Gasteiger partial charge in [-0.15, -0.1) is 11.8 Å². The Morgan fingerprint density at radius 1 is 1.14 bits per heavy atom. The van der Waals surface area contributed by atoms with Crippen molar-refractivity contribution in [3.05, 3.63) is 40.4 Å². The molecule has 2 aliphatic heterocycles. The largest absolute Gasteiger partial charge is 0.378 e. The van der Waals surface area contributed by atoms with Crippen molar-refractivity contribution in [1.82, 2.24) is 10.6 Å². The lowest BCUT2D eigenvalue weighted by molar-refractivity contribution is 0.907. The van der Waals surface area contributed by atoms with Crippen molar-refractivity contribution in [2.45, 2.75) is 6.54 Å². The topological polar surface area (TPSA) is 24.1 Å². The van der Waals surface area contributed by atoms with E-state index in [1.54, 1.807) is 0 Å². The van der Waals surface area contributed by atoms with Crippen molar-refractivity contribution < 1.29 is 0 Å². The van der Waals surface area contributed by atoms with Crippen molar-refractivity contribution in [2.75, 3.05) is 12.3 Å². The van der Waals surface area contributed by atoms with Gasteiger partial charge in [-0.05, 0) is 5.56 Å². The van der Waals surface area contributed by atoms with Crippen LogP contribution >= 0.6 is 11.8 Å². The fourth-order valence-corrected chi connectivity index (χ4v) is 2.87. The number of benzene rings is 1. The second-order valence-corrected chi connectivity index (χ2v) is 4.60. The van der Waals surface area contributed by atoms with E-state index in [4.69, 9.17) is 0 Å². The zero-order valence-corrected chi connectivity index (χ0v) is 8.66. The third-order valence-electron chi connectivity index (χ3n) is 2.60. The molecule has 0 radical (unpaired) electrons. The third kappa shape index (κ3) is 1.20. The summed E-state index contributed by atoms with van der Waals surface area (Å²) >= 11 is 1.91. The standard InChI is InChI=1S/C11H12N2S/c1-2-4-9-8(3-1)7-13-10(9)11-12-5-6-14-11/h1-4,12-13H,5-7H2. The van der Waals surface area contributed by atoms with Gasteiger partial charge in [-0.2, -0.15) is 0 Å². The van der Waals surface area contributed by atoms with Crippen LogP contribution in [0.3, 0.4) is 0 Å². The molecule has 3 heteroatoms. The Bertz CT molecular complexity index is 390. The number of rotatable bonds is 0. The van der Waals surface area contributed by atoms with E-state index in [0.29, 0.717) is 0 Å². The average Bonchev–Trinajstić information content (AvgIpc) is 2.85. The summed E-state index contributed by atoms with van der Waals surface area (Å²) in [5.41, 5.74) is 4.07. The first-order valence-electron chi connectivity index (χ1n) is 4.88. The molecule has 0 atom stereocenters. The molecule has 14 heavy (non-hydrogen) atoms. The normalized spacial score (nSPS) is 24.3. The van der Waals surface area contributed by atoms with Crippen LogP contribution in [0.2, 0.25) is 0 Å². The summed E-state index contributed by atoms with van der Waals surface area (Å²) in [6.45, 7) is 2.06. The van der Waals surface area contributed by atoms with Crippen molar-refractivity contribution in [2.24, 2.45) is 0 Å². The molecular formula is C11H12N2S. The molecule has 0 aromatic heterocycles. The van der Waals surface area contributed by atoms with Gasteiger partial charge in [-0.25, -0.2) is 0 Å². The van der Waals surface area contributed by atoms with Crippen LogP contribution in [0.25, 0.3) is 5.70 Å². The Labute approximate surface area is 87.8 Å². The zero-order chi connectivity index (χ0) is 9.38. The van der Waals surface area contributed by atoms with Gasteiger partial charge < -0.3 is 10.6 Å². The highest BCUT2D eigenvalue weighted by atomic mass is 32.2. The molecular weight excluding hydrogens is 192 g/mol. The molecule has 2 heterocycles. The number of nitrogens with one attached hydrogen (secondary N) is 2. The molecule has 2 N–H and O–H groups in total. The van der Waals surface area contributed by atoms with Crippen LogP contribution in [0.4, 0.5) is 0 Å². The number of hydrogen-bond acceptors (Lipinski definition) is 3. The van der Waals surface area contributed by atoms with Crippen molar-refractivity contribution in [3.8, 4) is 0 Å². The van der Waals surface area contributed by atoms with Gasteiger partial charge in [-0.1, -0.05) is 24.3 Å². The zero-order valence-electron chi connectivity index (χ0n) is 7.84. The Hall–Kier alpha value is -1.09. The Kier molecular flexibility index (Phi) is 1.91. The first-order valence-corrected chi connectivity index (χ1v) is 5.87. The van der Waals surface area contributed by atoms with Gasteiger partial charge in [0.2, 0.25) is 0 Å². The van der Waals surface area contributed by atoms with Crippen LogP contribution in [0.15, 0.2) is 29.3 Å². The first-order chi connectivity index (χ1) is 6.95. The van der Waals surface area contributed by atoms with Gasteiger partial charge in [0, 0.05) is 24.4 Å². The van der Waals surface area contributed by atoms with Gasteiger partial charge in [0.1, 0.15) is 0 Å². The molecule has 0 aliphatic carbocycles. The molecule has 2 aliphatic rings. The Balaban J connectivity index is 2.09. The van der Waals surface area contributed by atoms with E-state index in [-0.39, 0.29) is 0 Å². The molecule has 1 aromatic rings. The average molecular weight is 204 g/mol. The number of fused-ring (bicyclic) bond motifs is 1. The van der Waals surface area contributed by atoms with Crippen LogP contribution in [-0.2, 0) is 6.54 Å². The minimum Gasteiger partial charge on any atom is -0.378 e. The summed E-state index contributed by atoms with van der Waals surface area (Å²) in [6, 6.07) is 8.59. The molecule has 3 rings (SSSR count). The first kappa shape index (κ1) is 8.24. The number of thioether (sulfide) groups is 1. The van der Waals surface area contributed by atoms with Crippen LogP contribution < -0.4 is 10.6 Å². The lowest BCUT2D eigenvalue weighted by Gasteiger charge is -2.05. The molecule has 72 valence electrons. The maximum atomic E-state index is 3.46. The molecule has 1 fully saturated rings. The summed E-state index contributed by atoms with van der Waals surface area (Å²) in [5.74, 6) is 1.18. The van der Waals surface area contributed by atoms with Gasteiger partial charge in [0.15, 0.2) is 0 Å². The predicted octanol–water partition coefficient (Wildman–Crippen LogP) is 1.75. The van der Waals surface area contributed by atoms with E-state index in [1.165, 1.54) is 27.6 Å². The Morgan fingerprint density at radius 2 is 2.07 bits per heavy atom. The SMILES string of the molecule is c1ccc2c(c1)CNC2=C1NCCS1. The highest BCUT2D eigenvalue weighted by molar-refractivity contribution is 8.03. The summed E-state index contributed by atoms with van der Waals surface area (Å²) in [5, 5.41) is 8.19. The highest BCUT2D eigenvalue weighted by Gasteiger charge is 2.20. The van der Waals surface area contributed by atoms with E-state index in [9.17, 15) is 0 Å². The van der Waals surface area contributed by atoms with Gasteiger partial charge in [0.05, 0.1) is 10.7 Å². The molecule has 1 aromatic carbocycles. The van der Waals surface area contributed by atoms with Gasteiger partial charge in [0.25, 0.3) is 0 Å². The van der Waals surface area contributed by atoms with Crippen molar-refractivity contribution >= 4 is 17.5 Å². The molecule has 0 amide bonds. The summed E-state index contributed by atoms with van der Waals surface area (Å²) < 4.78 is 0. The second kappa shape index (κ2) is 3.24. The molecule has 2 nitrogen and oxygen atoms in total. The maximum Gasteiger partial charge on any atom is 0.0925 e. The van der Waals surface area contributed by atoms with E-state index in [1.807, 2.05) is 11.8 Å². The minimum atomic E-state index is 0.969. The third-order valence-corrected chi connectivity index (χ3v) is 3.65. The fraction of sp³-hybridized carbons (Fsp3) is 0.273. The van der Waals surface area contributed by atoms with E-state index in [2.05, 4.69) is 34.9 Å². The Morgan fingerprint density at radius 3 is 2.93 bits per heavy atom. The van der Waals surface area contributed by atoms with E-state index in [0.717, 1.165) is 13.1 Å². The van der Waals surface area contributed by atoms with Gasteiger partial charge in [-0.3, -0.25) is 0 Å². The molecule has 0 spiro atoms.